The van der Waals surface area contributed by atoms with E-state index in [4.69, 9.17) is 0 Å². The minimum absolute atomic E-state index is 0.554. The number of thioether (sulfide) groups is 1. The summed E-state index contributed by atoms with van der Waals surface area (Å²) in [6.07, 6.45) is 1.22. The van der Waals surface area contributed by atoms with Crippen LogP contribution in [0.2, 0.25) is 0 Å². The number of hydrogen-bond acceptors (Lipinski definition) is 3. The van der Waals surface area contributed by atoms with E-state index in [2.05, 4.69) is 41.8 Å². The molecule has 0 spiro atoms. The fraction of sp³-hybridized carbons (Fsp3) is 0.583. The third-order valence-electron chi connectivity index (χ3n) is 2.72. The largest absolute Gasteiger partial charge is 0.362 e. The van der Waals surface area contributed by atoms with Crippen molar-refractivity contribution >= 4 is 28.3 Å². The molecule has 1 fully saturated rings. The molecule has 1 aromatic rings. The molecule has 2 unspecified atom stereocenters. The molecule has 1 aliphatic rings. The highest BCUT2D eigenvalue weighted by Gasteiger charge is 2.19. The van der Waals surface area contributed by atoms with Gasteiger partial charge in [0.05, 0.1) is 6.54 Å². The van der Waals surface area contributed by atoms with Crippen molar-refractivity contribution in [1.82, 2.24) is 5.32 Å². The van der Waals surface area contributed by atoms with Gasteiger partial charge in [-0.2, -0.15) is 11.3 Å². The fourth-order valence-electron chi connectivity index (χ4n) is 1.83. The van der Waals surface area contributed by atoms with Gasteiger partial charge in [0, 0.05) is 11.3 Å². The van der Waals surface area contributed by atoms with Crippen molar-refractivity contribution in [2.24, 2.45) is 4.99 Å². The topological polar surface area (TPSA) is 24.4 Å². The molecule has 2 nitrogen and oxygen atoms in total. The number of nitrogens with one attached hydrogen (secondary N) is 1. The first-order chi connectivity index (χ1) is 7.65. The highest BCUT2D eigenvalue weighted by Crippen LogP contribution is 2.23. The quantitative estimate of drug-likeness (QED) is 0.874. The Balaban J connectivity index is 1.99. The van der Waals surface area contributed by atoms with Crippen LogP contribution in [0.4, 0.5) is 0 Å². The Labute approximate surface area is 106 Å². The molecule has 16 heavy (non-hydrogen) atoms. The number of thiophene rings is 1. The minimum atomic E-state index is 0.554. The molecule has 2 atom stereocenters. The Bertz CT molecular complexity index is 372. The third kappa shape index (κ3) is 3.01. The summed E-state index contributed by atoms with van der Waals surface area (Å²) < 4.78 is 0. The Morgan fingerprint density at radius 2 is 2.25 bits per heavy atom. The lowest BCUT2D eigenvalue weighted by Crippen LogP contribution is -2.38. The van der Waals surface area contributed by atoms with E-state index >= 15 is 0 Å². The van der Waals surface area contributed by atoms with Crippen molar-refractivity contribution in [2.75, 3.05) is 0 Å². The molecule has 0 bridgehead atoms. The van der Waals surface area contributed by atoms with Gasteiger partial charge in [-0.3, -0.25) is 4.99 Å². The summed E-state index contributed by atoms with van der Waals surface area (Å²) in [4.78, 5) is 4.66. The van der Waals surface area contributed by atoms with Crippen LogP contribution in [0.15, 0.2) is 15.8 Å². The van der Waals surface area contributed by atoms with Crippen molar-refractivity contribution in [3.05, 3.63) is 21.9 Å². The molecule has 4 heteroatoms. The number of amidine groups is 1. The van der Waals surface area contributed by atoms with Gasteiger partial charge in [0.1, 0.15) is 0 Å². The van der Waals surface area contributed by atoms with Crippen molar-refractivity contribution < 1.29 is 0 Å². The van der Waals surface area contributed by atoms with Crippen LogP contribution in [0.5, 0.6) is 0 Å². The molecule has 88 valence electrons. The molecule has 0 amide bonds. The van der Waals surface area contributed by atoms with Crippen LogP contribution in [-0.4, -0.2) is 16.5 Å². The van der Waals surface area contributed by atoms with Gasteiger partial charge in [-0.05, 0) is 42.2 Å². The third-order valence-corrected chi connectivity index (χ3v) is 4.70. The second kappa shape index (κ2) is 5.23. The summed E-state index contributed by atoms with van der Waals surface area (Å²) in [6.45, 7) is 7.46. The molecule has 0 aliphatic carbocycles. The summed E-state index contributed by atoms with van der Waals surface area (Å²) in [5.41, 5.74) is 2.71. The standard InChI is InChI=1S/C12H18N2S2/c1-8-6-15-7-11(8)5-13-12-14-9(2)4-10(3)16-12/h6-7,9-10H,4-5H2,1-3H3,(H,13,14). The molecule has 1 aliphatic heterocycles. The van der Waals surface area contributed by atoms with Gasteiger partial charge < -0.3 is 5.32 Å². The zero-order valence-electron chi connectivity index (χ0n) is 9.99. The van der Waals surface area contributed by atoms with Gasteiger partial charge in [0.15, 0.2) is 5.17 Å². The van der Waals surface area contributed by atoms with E-state index in [1.165, 1.54) is 17.5 Å². The maximum atomic E-state index is 4.66. The van der Waals surface area contributed by atoms with Crippen LogP contribution in [0.3, 0.4) is 0 Å². The van der Waals surface area contributed by atoms with Gasteiger partial charge >= 0.3 is 0 Å². The molecule has 2 heterocycles. The van der Waals surface area contributed by atoms with Gasteiger partial charge in [-0.25, -0.2) is 0 Å². The van der Waals surface area contributed by atoms with Crippen LogP contribution in [0.1, 0.15) is 31.4 Å². The first-order valence-corrected chi connectivity index (χ1v) is 7.46. The number of aliphatic imine (C=N–C) groups is 1. The predicted molar refractivity (Wildman–Crippen MR) is 74.5 cm³/mol. The first-order valence-electron chi connectivity index (χ1n) is 5.64. The molecule has 0 saturated carbocycles. The summed E-state index contributed by atoms with van der Waals surface area (Å²) in [6, 6.07) is 0.554. The van der Waals surface area contributed by atoms with Crippen molar-refractivity contribution in [3.8, 4) is 0 Å². The minimum Gasteiger partial charge on any atom is -0.362 e. The van der Waals surface area contributed by atoms with Crippen LogP contribution in [0, 0.1) is 6.92 Å². The lowest BCUT2D eigenvalue weighted by Gasteiger charge is -2.26. The summed E-state index contributed by atoms with van der Waals surface area (Å²) in [5.74, 6) is 0. The molecular formula is C12H18N2S2. The van der Waals surface area contributed by atoms with E-state index in [1.54, 1.807) is 11.3 Å². The van der Waals surface area contributed by atoms with Crippen molar-refractivity contribution in [3.63, 3.8) is 0 Å². The predicted octanol–water partition coefficient (Wildman–Crippen LogP) is 3.42. The number of rotatable bonds is 2. The van der Waals surface area contributed by atoms with E-state index in [0.717, 1.165) is 11.7 Å². The average molecular weight is 254 g/mol. The van der Waals surface area contributed by atoms with Gasteiger partial charge in [-0.15, -0.1) is 0 Å². The number of aryl methyl sites for hydroxylation is 1. The lowest BCUT2D eigenvalue weighted by atomic mass is 10.2. The summed E-state index contributed by atoms with van der Waals surface area (Å²) in [5, 5.41) is 9.61. The Kier molecular flexibility index (Phi) is 3.92. The molecule has 0 radical (unpaired) electrons. The maximum Gasteiger partial charge on any atom is 0.157 e. The highest BCUT2D eigenvalue weighted by molar-refractivity contribution is 8.14. The maximum absolute atomic E-state index is 4.66. The van der Waals surface area contributed by atoms with Gasteiger partial charge in [-0.1, -0.05) is 18.7 Å². The number of nitrogens with zero attached hydrogens (tertiary/aromatic N) is 1. The second-order valence-corrected chi connectivity index (χ2v) is 6.58. The monoisotopic (exact) mass is 254 g/mol. The molecule has 1 N–H and O–H groups in total. The van der Waals surface area contributed by atoms with Crippen LogP contribution < -0.4 is 5.32 Å². The zero-order chi connectivity index (χ0) is 11.5. The summed E-state index contributed by atoms with van der Waals surface area (Å²) >= 11 is 3.62. The fourth-order valence-corrected chi connectivity index (χ4v) is 3.85. The SMILES string of the molecule is Cc1cscc1CN=C1NC(C)CC(C)S1. The van der Waals surface area contributed by atoms with E-state index in [1.807, 2.05) is 11.8 Å². The molecular weight excluding hydrogens is 236 g/mol. The van der Waals surface area contributed by atoms with Gasteiger partial charge in [0.25, 0.3) is 0 Å². The van der Waals surface area contributed by atoms with Gasteiger partial charge in [0.2, 0.25) is 0 Å². The normalized spacial score (nSPS) is 28.1. The van der Waals surface area contributed by atoms with E-state index in [-0.39, 0.29) is 0 Å². The second-order valence-electron chi connectivity index (χ2n) is 4.41. The Hall–Kier alpha value is -0.480. The van der Waals surface area contributed by atoms with E-state index in [9.17, 15) is 0 Å². The average Bonchev–Trinajstić information content (AvgIpc) is 2.59. The lowest BCUT2D eigenvalue weighted by molar-refractivity contribution is 0.597. The molecule has 1 saturated heterocycles. The molecule has 2 rings (SSSR count). The Morgan fingerprint density at radius 3 is 2.88 bits per heavy atom. The molecule has 0 aromatic carbocycles. The smallest absolute Gasteiger partial charge is 0.157 e. The van der Waals surface area contributed by atoms with Crippen molar-refractivity contribution in [2.45, 2.75) is 45.0 Å². The van der Waals surface area contributed by atoms with Crippen molar-refractivity contribution in [1.29, 1.82) is 0 Å². The number of hydrogen-bond donors (Lipinski definition) is 1. The highest BCUT2D eigenvalue weighted by atomic mass is 32.2. The van der Waals surface area contributed by atoms with Crippen LogP contribution in [-0.2, 0) is 6.54 Å². The zero-order valence-corrected chi connectivity index (χ0v) is 11.6. The first kappa shape index (κ1) is 12.0. The summed E-state index contributed by atoms with van der Waals surface area (Å²) in [7, 11) is 0. The van der Waals surface area contributed by atoms with E-state index < -0.39 is 0 Å². The molecule has 1 aromatic heterocycles. The van der Waals surface area contributed by atoms with E-state index in [0.29, 0.717) is 11.3 Å². The van der Waals surface area contributed by atoms with Crippen LogP contribution in [0.25, 0.3) is 0 Å². The van der Waals surface area contributed by atoms with Crippen LogP contribution >= 0.6 is 23.1 Å². The Morgan fingerprint density at radius 1 is 1.44 bits per heavy atom.